The van der Waals surface area contributed by atoms with E-state index in [1.54, 1.807) is 0 Å². The summed E-state index contributed by atoms with van der Waals surface area (Å²) in [5, 5.41) is 0. The van der Waals surface area contributed by atoms with Gasteiger partial charge in [0.2, 0.25) is 0 Å². The van der Waals surface area contributed by atoms with E-state index in [4.69, 9.17) is 18.9 Å². The molecule has 10 nitrogen and oxygen atoms in total. The van der Waals surface area contributed by atoms with Crippen molar-refractivity contribution in [2.75, 3.05) is 66.2 Å². The van der Waals surface area contributed by atoms with Crippen LogP contribution in [-0.2, 0) is 38.1 Å². The van der Waals surface area contributed by atoms with Crippen LogP contribution >= 0.6 is 0 Å². The molecular formula is C81H120N2O8. The van der Waals surface area contributed by atoms with Crippen LogP contribution in [0.15, 0.2) is 219 Å². The smallest absolute Gasteiger partial charge is 0.306 e. The fourth-order valence-corrected chi connectivity index (χ4v) is 8.67. The van der Waals surface area contributed by atoms with E-state index in [-0.39, 0.29) is 52.1 Å². The minimum Gasteiger partial charge on any atom is -0.465 e. The molecule has 0 bridgehead atoms. The molecule has 10 heteroatoms. The monoisotopic (exact) mass is 1250 g/mol. The van der Waals surface area contributed by atoms with Crippen molar-refractivity contribution in [1.29, 1.82) is 0 Å². The summed E-state index contributed by atoms with van der Waals surface area (Å²) in [5.74, 6) is -1.81. The third-order valence-electron chi connectivity index (χ3n) is 14.2. The Morgan fingerprint density at radius 2 is 0.495 bits per heavy atom. The highest BCUT2D eigenvalue weighted by Gasteiger charge is 2.38. The van der Waals surface area contributed by atoms with Crippen molar-refractivity contribution in [3.05, 3.63) is 219 Å². The zero-order valence-electron chi connectivity index (χ0n) is 56.9. The lowest BCUT2D eigenvalue weighted by Crippen LogP contribution is -2.44. The molecular weight excluding hydrogens is 1130 g/mol. The summed E-state index contributed by atoms with van der Waals surface area (Å²) < 4.78 is 23.5. The molecule has 0 aromatic carbocycles. The standard InChI is InChI=1S/C81H120N2O8/c1-5-8-11-14-17-20-23-26-29-32-35-38-41-44-47-50-53-56-59-64-77(84)88-73-81(76-91-80(87)67-62-63-68-83-71-69-82(4)70-72-83,74-89-78(85)65-60-57-54-51-48-45-42-39-36-33-30-27-24-21-18-15-12-9-6-2)75-90-79(86)66-61-58-55-52-49-46-43-40-37-34-31-28-25-22-19-16-13-10-7-3/h8-13,17-22,26-31,35-40,44-49,53-58H,5-7,14-16,23-25,32-34,41-43,50-52,59-76H2,1-4H3/b11-8-,12-9-,13-10-,20-17-,21-18-,22-19-,29-26-,30-27-,31-28-,38-35-,39-36-,40-37-,47-44-,48-45-,49-46-,56-53-,57-54-,58-55-. The van der Waals surface area contributed by atoms with Crippen molar-refractivity contribution in [3.8, 4) is 0 Å². The third-order valence-corrected chi connectivity index (χ3v) is 14.2. The van der Waals surface area contributed by atoms with Gasteiger partial charge in [0, 0.05) is 51.9 Å². The van der Waals surface area contributed by atoms with E-state index in [2.05, 4.69) is 220 Å². The molecule has 91 heavy (non-hydrogen) atoms. The van der Waals surface area contributed by atoms with Crippen molar-refractivity contribution in [3.63, 3.8) is 0 Å². The molecule has 1 aliphatic rings. The second kappa shape index (κ2) is 64.6. The van der Waals surface area contributed by atoms with Crippen molar-refractivity contribution >= 4 is 23.9 Å². The predicted molar refractivity (Wildman–Crippen MR) is 386 cm³/mol. The number of allylic oxidation sites excluding steroid dienone is 36. The normalized spacial score (nSPS) is 14.7. The van der Waals surface area contributed by atoms with Gasteiger partial charge in [0.15, 0.2) is 0 Å². The molecule has 502 valence electrons. The number of ether oxygens (including phenoxy) is 4. The zero-order valence-corrected chi connectivity index (χ0v) is 56.9. The minimum absolute atomic E-state index is 0.114. The highest BCUT2D eigenvalue weighted by Crippen LogP contribution is 2.23. The summed E-state index contributed by atoms with van der Waals surface area (Å²) in [5.41, 5.74) is -1.34. The summed E-state index contributed by atoms with van der Waals surface area (Å²) in [6.45, 7) is 10.3. The molecule has 1 aliphatic heterocycles. The lowest BCUT2D eigenvalue weighted by molar-refractivity contribution is -0.170. The maximum absolute atomic E-state index is 13.4. The van der Waals surface area contributed by atoms with E-state index in [1.807, 2.05) is 36.5 Å². The summed E-state index contributed by atoms with van der Waals surface area (Å²) >= 11 is 0. The Balaban J connectivity index is 2.97. The molecule has 0 amide bonds. The molecule has 1 fully saturated rings. The summed E-state index contributed by atoms with van der Waals surface area (Å²) in [7, 11) is 2.13. The number of nitrogens with zero attached hydrogens (tertiary/aromatic N) is 2. The highest BCUT2D eigenvalue weighted by molar-refractivity contribution is 5.71. The van der Waals surface area contributed by atoms with E-state index in [9.17, 15) is 19.2 Å². The van der Waals surface area contributed by atoms with Gasteiger partial charge in [-0.1, -0.05) is 240 Å². The van der Waals surface area contributed by atoms with Gasteiger partial charge in [-0.05, 0) is 161 Å². The maximum Gasteiger partial charge on any atom is 0.306 e. The fraction of sp³-hybridized carbons (Fsp3) is 0.506. The van der Waals surface area contributed by atoms with Crippen LogP contribution in [0, 0.1) is 5.41 Å². The average molecular weight is 1250 g/mol. The van der Waals surface area contributed by atoms with Crippen LogP contribution in [0.1, 0.15) is 194 Å². The van der Waals surface area contributed by atoms with Crippen molar-refractivity contribution in [2.45, 2.75) is 194 Å². The van der Waals surface area contributed by atoms with E-state index < -0.39 is 29.3 Å². The van der Waals surface area contributed by atoms with Crippen LogP contribution in [0.5, 0.6) is 0 Å². The quantitative estimate of drug-likeness (QED) is 0.0253. The highest BCUT2D eigenvalue weighted by atomic mass is 16.6. The second-order valence-corrected chi connectivity index (χ2v) is 22.6. The first-order valence-corrected chi connectivity index (χ1v) is 34.5. The number of carbonyl (C=O) groups is 4. The first kappa shape index (κ1) is 82.1. The van der Waals surface area contributed by atoms with E-state index in [1.165, 1.54) is 0 Å². The van der Waals surface area contributed by atoms with Gasteiger partial charge in [0.1, 0.15) is 31.8 Å². The Hall–Kier alpha value is -6.88. The molecule has 0 saturated carbocycles. The number of unbranched alkanes of at least 4 members (excludes halogenated alkanes) is 1. The topological polar surface area (TPSA) is 112 Å². The van der Waals surface area contributed by atoms with Crippen molar-refractivity contribution in [2.24, 2.45) is 5.41 Å². The number of carbonyl (C=O) groups excluding carboxylic acids is 4. The molecule has 0 aliphatic carbocycles. The first-order chi connectivity index (χ1) is 44.7. The summed E-state index contributed by atoms with van der Waals surface area (Å²) in [6, 6.07) is 0. The van der Waals surface area contributed by atoms with E-state index in [0.29, 0.717) is 25.7 Å². The van der Waals surface area contributed by atoms with Gasteiger partial charge in [-0.25, -0.2) is 0 Å². The van der Waals surface area contributed by atoms with E-state index in [0.717, 1.165) is 155 Å². The van der Waals surface area contributed by atoms with Gasteiger partial charge in [-0.2, -0.15) is 0 Å². The molecule has 1 rings (SSSR count). The minimum atomic E-state index is -1.34. The van der Waals surface area contributed by atoms with Crippen LogP contribution in [0.4, 0.5) is 0 Å². The molecule has 0 atom stereocenters. The SMILES string of the molecule is CC/C=C\C/C=C\C/C=C\C/C=C\C/C=C\C/C=C\CCC(=O)OCC(COC(=O)CC/C=C\C/C=C\C/C=C\C/C=C\C/C=C\C/C=C\CC)(COC(=O)CC/C=C\C/C=C\C/C=C\C/C=C\C/C=C\C/C=C\CC)COC(=O)CCCCN1CCN(C)CC1. The number of hydrogen-bond donors (Lipinski definition) is 0. The Morgan fingerprint density at radius 1 is 0.286 bits per heavy atom. The van der Waals surface area contributed by atoms with Crippen molar-refractivity contribution < 1.29 is 38.1 Å². The Kier molecular flexibility index (Phi) is 58.3. The van der Waals surface area contributed by atoms with Crippen LogP contribution in [0.2, 0.25) is 0 Å². The first-order valence-electron chi connectivity index (χ1n) is 34.5. The average Bonchev–Trinajstić information content (AvgIpc) is 1.72. The number of piperazine rings is 1. The molecule has 0 radical (unpaired) electrons. The van der Waals surface area contributed by atoms with Gasteiger partial charge in [0.25, 0.3) is 0 Å². The third kappa shape index (κ3) is 58.0. The predicted octanol–water partition coefficient (Wildman–Crippen LogP) is 20.0. The molecule has 1 saturated heterocycles. The van der Waals surface area contributed by atoms with Crippen LogP contribution in [-0.4, -0.2) is 99.9 Å². The van der Waals surface area contributed by atoms with Gasteiger partial charge in [-0.3, -0.25) is 19.2 Å². The number of likely N-dealkylation sites (N-methyl/N-ethyl adjacent to an activating group) is 1. The van der Waals surface area contributed by atoms with Crippen LogP contribution in [0.3, 0.4) is 0 Å². The Labute approximate surface area is 553 Å². The van der Waals surface area contributed by atoms with Gasteiger partial charge >= 0.3 is 23.9 Å². The number of esters is 4. The molecule has 0 aromatic heterocycles. The lowest BCUT2D eigenvalue weighted by Gasteiger charge is -2.32. The lowest BCUT2D eigenvalue weighted by atomic mass is 9.92. The largest absolute Gasteiger partial charge is 0.465 e. The molecule has 0 unspecified atom stereocenters. The molecule has 0 N–H and O–H groups in total. The number of rotatable bonds is 55. The summed E-state index contributed by atoms with van der Waals surface area (Å²) in [4.78, 5) is 58.1. The Morgan fingerprint density at radius 3 is 0.725 bits per heavy atom. The summed E-state index contributed by atoms with van der Waals surface area (Å²) in [6.07, 6.45) is 97.0. The number of hydrogen-bond acceptors (Lipinski definition) is 10. The fourth-order valence-electron chi connectivity index (χ4n) is 8.67. The molecule has 0 spiro atoms. The van der Waals surface area contributed by atoms with Crippen LogP contribution in [0.25, 0.3) is 0 Å². The van der Waals surface area contributed by atoms with E-state index >= 15 is 0 Å². The van der Waals surface area contributed by atoms with Gasteiger partial charge in [-0.15, -0.1) is 0 Å². The Bertz CT molecular complexity index is 2180. The zero-order chi connectivity index (χ0) is 65.7. The van der Waals surface area contributed by atoms with Gasteiger partial charge in [0.05, 0.1) is 0 Å². The van der Waals surface area contributed by atoms with Crippen LogP contribution < -0.4 is 0 Å². The molecule has 0 aromatic rings. The van der Waals surface area contributed by atoms with Gasteiger partial charge < -0.3 is 28.7 Å². The maximum atomic E-state index is 13.4. The second-order valence-electron chi connectivity index (χ2n) is 22.6. The molecule has 1 heterocycles. The van der Waals surface area contributed by atoms with Crippen molar-refractivity contribution in [1.82, 2.24) is 9.80 Å².